The number of hydrogen-bond donors (Lipinski definition) is 0. The second kappa shape index (κ2) is 4.79. The molecule has 0 aliphatic heterocycles. The third-order valence-corrected chi connectivity index (χ3v) is 1.07. The first-order chi connectivity index (χ1) is 2.50. The molecular formula is C5H9K. The minimum atomic E-state index is 0. The normalized spacial score (nSPS) is 20.0. The molecule has 0 aromatic heterocycles. The summed E-state index contributed by atoms with van der Waals surface area (Å²) in [6.45, 7) is 0. The van der Waals surface area contributed by atoms with Crippen molar-refractivity contribution in [1.29, 1.82) is 0 Å². The molecule has 1 aliphatic rings. The Bertz CT molecular complexity index is 15.5. The Balaban J connectivity index is 0.000000250. The quantitative estimate of drug-likeness (QED) is 0.269. The van der Waals surface area contributed by atoms with Crippen LogP contribution < -0.4 is 51.4 Å². The first kappa shape index (κ1) is 7.64. The Labute approximate surface area is 82.1 Å². The summed E-state index contributed by atoms with van der Waals surface area (Å²) in [5, 5.41) is 0. The van der Waals surface area contributed by atoms with Gasteiger partial charge < -0.3 is 6.42 Å². The molecule has 1 heteroatoms. The van der Waals surface area contributed by atoms with E-state index in [1.807, 2.05) is 0 Å². The molecule has 1 aliphatic carbocycles. The van der Waals surface area contributed by atoms with Gasteiger partial charge in [0.05, 0.1) is 0 Å². The maximum absolute atomic E-state index is 2.36. The van der Waals surface area contributed by atoms with Gasteiger partial charge in [-0.1, -0.05) is 12.8 Å². The van der Waals surface area contributed by atoms with Crippen LogP contribution in [0.4, 0.5) is 0 Å². The summed E-state index contributed by atoms with van der Waals surface area (Å²) in [5.41, 5.74) is 0. The van der Waals surface area contributed by atoms with Gasteiger partial charge in [-0.2, -0.15) is 12.8 Å². The van der Waals surface area contributed by atoms with Gasteiger partial charge in [0.25, 0.3) is 0 Å². The van der Waals surface area contributed by atoms with Crippen molar-refractivity contribution in [3.63, 3.8) is 0 Å². The van der Waals surface area contributed by atoms with E-state index < -0.39 is 0 Å². The molecule has 0 nitrogen and oxygen atoms in total. The van der Waals surface area contributed by atoms with Crippen LogP contribution in [-0.2, 0) is 0 Å². The molecule has 0 bridgehead atoms. The average Bonchev–Trinajstić information content (AvgIpc) is 1.76. The van der Waals surface area contributed by atoms with E-state index in [2.05, 4.69) is 6.42 Å². The van der Waals surface area contributed by atoms with E-state index in [9.17, 15) is 0 Å². The Morgan fingerprint density at radius 1 is 1.00 bits per heavy atom. The molecule has 0 aromatic carbocycles. The molecule has 0 aromatic rings. The molecule has 1 saturated carbocycles. The third kappa shape index (κ3) is 2.75. The molecule has 0 spiro atoms. The average molecular weight is 108 g/mol. The van der Waals surface area contributed by atoms with Crippen LogP contribution in [0.1, 0.15) is 25.7 Å². The monoisotopic (exact) mass is 108 g/mol. The van der Waals surface area contributed by atoms with Gasteiger partial charge >= 0.3 is 51.4 Å². The van der Waals surface area contributed by atoms with Crippen LogP contribution >= 0.6 is 0 Å². The Morgan fingerprint density at radius 3 is 1.67 bits per heavy atom. The molecule has 1 rings (SSSR count). The fraction of sp³-hybridized carbons (Fsp3) is 0.800. The van der Waals surface area contributed by atoms with Crippen LogP contribution in [0.3, 0.4) is 0 Å². The Hall–Kier alpha value is 1.64. The van der Waals surface area contributed by atoms with Crippen LogP contribution in [0.25, 0.3) is 0 Å². The minimum absolute atomic E-state index is 0. The van der Waals surface area contributed by atoms with Gasteiger partial charge in [0, 0.05) is 0 Å². The number of hydrogen-bond acceptors (Lipinski definition) is 0. The molecule has 0 heterocycles. The predicted octanol–water partition coefficient (Wildman–Crippen LogP) is -1.23. The summed E-state index contributed by atoms with van der Waals surface area (Å²) in [6.07, 6.45) is 8.00. The van der Waals surface area contributed by atoms with Crippen molar-refractivity contribution in [3.8, 4) is 0 Å². The van der Waals surface area contributed by atoms with Crippen LogP contribution in [0, 0.1) is 6.42 Å². The van der Waals surface area contributed by atoms with Gasteiger partial charge in [-0.25, -0.2) is 0 Å². The van der Waals surface area contributed by atoms with Gasteiger partial charge in [-0.05, 0) is 0 Å². The van der Waals surface area contributed by atoms with E-state index >= 15 is 0 Å². The van der Waals surface area contributed by atoms with Crippen LogP contribution in [0.15, 0.2) is 0 Å². The van der Waals surface area contributed by atoms with Gasteiger partial charge in [-0.3, -0.25) is 0 Å². The Kier molecular flexibility index (Phi) is 6.09. The molecule has 1 fully saturated rings. The Morgan fingerprint density at radius 2 is 1.50 bits per heavy atom. The maximum Gasteiger partial charge on any atom is 1.00 e. The molecule has 30 valence electrons. The van der Waals surface area contributed by atoms with Gasteiger partial charge in [0.1, 0.15) is 0 Å². The van der Waals surface area contributed by atoms with Gasteiger partial charge in [-0.15, -0.1) is 0 Å². The smallest absolute Gasteiger partial charge is 0.328 e. The first-order valence-corrected chi connectivity index (χ1v) is 2.32. The zero-order valence-electron chi connectivity index (χ0n) is 4.41. The van der Waals surface area contributed by atoms with Crippen molar-refractivity contribution in [2.45, 2.75) is 25.7 Å². The summed E-state index contributed by atoms with van der Waals surface area (Å²) in [7, 11) is 0. The summed E-state index contributed by atoms with van der Waals surface area (Å²) in [6, 6.07) is 0. The molecule has 0 radical (unpaired) electrons. The van der Waals surface area contributed by atoms with Gasteiger partial charge in [0.15, 0.2) is 0 Å². The van der Waals surface area contributed by atoms with Crippen molar-refractivity contribution in [2.24, 2.45) is 0 Å². The standard InChI is InChI=1S/C5H9.K/c1-2-4-5-3-1;/h1H,2-5H2;/q-1;+1. The molecule has 6 heavy (non-hydrogen) atoms. The first-order valence-electron chi connectivity index (χ1n) is 2.32. The molecule has 0 N–H and O–H groups in total. The van der Waals surface area contributed by atoms with E-state index in [1.54, 1.807) is 0 Å². The topological polar surface area (TPSA) is 0 Å². The third-order valence-electron chi connectivity index (χ3n) is 1.07. The van der Waals surface area contributed by atoms with E-state index in [1.165, 1.54) is 25.7 Å². The zero-order valence-corrected chi connectivity index (χ0v) is 7.53. The molecule has 0 amide bonds. The minimum Gasteiger partial charge on any atom is -0.328 e. The van der Waals surface area contributed by atoms with Crippen molar-refractivity contribution in [1.82, 2.24) is 0 Å². The van der Waals surface area contributed by atoms with Crippen molar-refractivity contribution < 1.29 is 51.4 Å². The van der Waals surface area contributed by atoms with Crippen molar-refractivity contribution in [3.05, 3.63) is 6.42 Å². The molecule has 0 atom stereocenters. The van der Waals surface area contributed by atoms with Crippen LogP contribution in [0.2, 0.25) is 0 Å². The van der Waals surface area contributed by atoms with Crippen LogP contribution in [-0.4, -0.2) is 0 Å². The molecular weight excluding hydrogens is 99.2 g/mol. The van der Waals surface area contributed by atoms with E-state index in [-0.39, 0.29) is 51.4 Å². The second-order valence-electron chi connectivity index (χ2n) is 1.57. The SMILES string of the molecule is [CH-]1CCCC1.[K+]. The summed E-state index contributed by atoms with van der Waals surface area (Å²) in [4.78, 5) is 0. The van der Waals surface area contributed by atoms with Gasteiger partial charge in [0.2, 0.25) is 0 Å². The van der Waals surface area contributed by atoms with E-state index in [0.29, 0.717) is 0 Å². The number of rotatable bonds is 0. The zero-order chi connectivity index (χ0) is 3.54. The van der Waals surface area contributed by atoms with E-state index in [4.69, 9.17) is 0 Å². The largest absolute Gasteiger partial charge is 1.00 e. The van der Waals surface area contributed by atoms with Crippen molar-refractivity contribution in [2.75, 3.05) is 0 Å². The fourth-order valence-corrected chi connectivity index (χ4v) is 0.722. The molecule has 0 unspecified atom stereocenters. The fourth-order valence-electron chi connectivity index (χ4n) is 0.722. The summed E-state index contributed by atoms with van der Waals surface area (Å²) >= 11 is 0. The summed E-state index contributed by atoms with van der Waals surface area (Å²) < 4.78 is 0. The molecule has 0 saturated heterocycles. The second-order valence-corrected chi connectivity index (χ2v) is 1.57. The van der Waals surface area contributed by atoms with Crippen molar-refractivity contribution >= 4 is 0 Å². The summed E-state index contributed by atoms with van der Waals surface area (Å²) in [5.74, 6) is 0. The van der Waals surface area contributed by atoms with Crippen LogP contribution in [0.5, 0.6) is 0 Å². The maximum atomic E-state index is 2.36. The van der Waals surface area contributed by atoms with E-state index in [0.717, 1.165) is 0 Å². The predicted molar refractivity (Wildman–Crippen MR) is 22.8 cm³/mol.